The van der Waals surface area contributed by atoms with Crippen molar-refractivity contribution in [2.24, 2.45) is 0 Å². The molecule has 0 fully saturated rings. The van der Waals surface area contributed by atoms with E-state index in [1.807, 2.05) is 43.3 Å². The number of benzene rings is 2. The number of hydrogen-bond acceptors (Lipinski definition) is 4. The summed E-state index contributed by atoms with van der Waals surface area (Å²) >= 11 is 0. The van der Waals surface area contributed by atoms with E-state index < -0.39 is 5.54 Å². The Bertz CT molecular complexity index is 634. The van der Waals surface area contributed by atoms with Crippen molar-refractivity contribution in [3.05, 3.63) is 59.7 Å². The lowest BCUT2D eigenvalue weighted by Crippen LogP contribution is -2.36. The molecule has 0 aliphatic heterocycles. The predicted octanol–water partition coefficient (Wildman–Crippen LogP) is 2.46. The zero-order valence-corrected chi connectivity index (χ0v) is 11.3. The third-order valence-corrected chi connectivity index (χ3v) is 3.32. The average Bonchev–Trinajstić information content (AvgIpc) is 2.50. The first kappa shape index (κ1) is 13.9. The largest absolute Gasteiger partial charge is 0.397 e. The first-order chi connectivity index (χ1) is 9.59. The molecule has 0 radical (unpaired) electrons. The van der Waals surface area contributed by atoms with Crippen LogP contribution in [0.15, 0.2) is 48.5 Å². The molecular formula is C16H17N3O. The summed E-state index contributed by atoms with van der Waals surface area (Å²) in [6.45, 7) is 1.83. The molecule has 0 saturated carbocycles. The number of nitrogens with zero attached hydrogens (tertiary/aromatic N) is 1. The van der Waals surface area contributed by atoms with Crippen LogP contribution in [0.5, 0.6) is 0 Å². The molecule has 20 heavy (non-hydrogen) atoms. The lowest BCUT2D eigenvalue weighted by Gasteiger charge is -2.31. The van der Waals surface area contributed by atoms with Gasteiger partial charge in [-0.15, -0.1) is 0 Å². The Hall–Kier alpha value is -2.51. The van der Waals surface area contributed by atoms with Crippen LogP contribution in [0, 0.1) is 11.3 Å². The van der Waals surface area contributed by atoms with E-state index in [9.17, 15) is 5.11 Å². The lowest BCUT2D eigenvalue weighted by atomic mass is 9.92. The van der Waals surface area contributed by atoms with Crippen molar-refractivity contribution >= 4 is 11.4 Å². The maximum atomic E-state index is 9.74. The van der Waals surface area contributed by atoms with Crippen LogP contribution in [0.2, 0.25) is 0 Å². The van der Waals surface area contributed by atoms with Gasteiger partial charge in [0.15, 0.2) is 0 Å². The predicted molar refractivity (Wildman–Crippen MR) is 80.1 cm³/mol. The summed E-state index contributed by atoms with van der Waals surface area (Å²) in [6, 6.07) is 16.8. The highest BCUT2D eigenvalue weighted by atomic mass is 16.3. The van der Waals surface area contributed by atoms with Gasteiger partial charge < -0.3 is 16.2 Å². The van der Waals surface area contributed by atoms with E-state index in [0.717, 1.165) is 5.56 Å². The minimum absolute atomic E-state index is 0.0730. The topological polar surface area (TPSA) is 82.1 Å². The molecule has 0 bridgehead atoms. The summed E-state index contributed by atoms with van der Waals surface area (Å²) in [5.74, 6) is 0. The quantitative estimate of drug-likeness (QED) is 0.743. The van der Waals surface area contributed by atoms with Crippen molar-refractivity contribution in [2.45, 2.75) is 12.5 Å². The van der Waals surface area contributed by atoms with E-state index in [2.05, 4.69) is 5.32 Å². The third-order valence-electron chi connectivity index (χ3n) is 3.32. The Morgan fingerprint density at radius 2 is 1.95 bits per heavy atom. The summed E-state index contributed by atoms with van der Waals surface area (Å²) in [4.78, 5) is 0. The lowest BCUT2D eigenvalue weighted by molar-refractivity contribution is 0.224. The minimum atomic E-state index is -0.635. The van der Waals surface area contributed by atoms with Crippen molar-refractivity contribution in [2.75, 3.05) is 17.7 Å². The molecule has 1 unspecified atom stereocenters. The number of nitrogens with one attached hydrogen (secondary N) is 1. The number of aliphatic hydroxyl groups is 1. The molecule has 0 amide bonds. The molecule has 0 spiro atoms. The Balaban J connectivity index is 2.34. The van der Waals surface area contributed by atoms with Gasteiger partial charge >= 0.3 is 0 Å². The Labute approximate surface area is 118 Å². The van der Waals surface area contributed by atoms with Crippen molar-refractivity contribution < 1.29 is 5.11 Å². The second kappa shape index (κ2) is 5.64. The van der Waals surface area contributed by atoms with Crippen LogP contribution in [0.3, 0.4) is 0 Å². The number of nitrogens with two attached hydrogens (primary N) is 1. The van der Waals surface area contributed by atoms with Crippen LogP contribution in [-0.4, -0.2) is 11.7 Å². The number of nitrogen functional groups attached to an aromatic ring is 1. The van der Waals surface area contributed by atoms with Crippen LogP contribution in [0.4, 0.5) is 11.4 Å². The maximum absolute atomic E-state index is 9.74. The normalized spacial score (nSPS) is 13.2. The van der Waals surface area contributed by atoms with E-state index in [0.29, 0.717) is 16.9 Å². The van der Waals surface area contributed by atoms with Gasteiger partial charge in [0.25, 0.3) is 0 Å². The molecular weight excluding hydrogens is 250 g/mol. The van der Waals surface area contributed by atoms with Gasteiger partial charge in [0.2, 0.25) is 0 Å². The zero-order chi connectivity index (χ0) is 14.6. The third kappa shape index (κ3) is 2.73. The Kier molecular flexibility index (Phi) is 3.92. The molecule has 4 nitrogen and oxygen atoms in total. The molecule has 0 saturated heterocycles. The molecule has 0 aliphatic carbocycles. The minimum Gasteiger partial charge on any atom is -0.397 e. The first-order valence-corrected chi connectivity index (χ1v) is 6.33. The van der Waals surface area contributed by atoms with Crippen LogP contribution in [-0.2, 0) is 5.54 Å². The second-order valence-electron chi connectivity index (χ2n) is 4.90. The highest BCUT2D eigenvalue weighted by Gasteiger charge is 2.26. The SMILES string of the molecule is CC(CO)(Nc1ccc(C#N)cc1N)c1ccccc1. The van der Waals surface area contributed by atoms with E-state index in [1.54, 1.807) is 18.2 Å². The Morgan fingerprint density at radius 3 is 2.50 bits per heavy atom. The van der Waals surface area contributed by atoms with Gasteiger partial charge in [0.05, 0.1) is 35.2 Å². The van der Waals surface area contributed by atoms with E-state index in [4.69, 9.17) is 11.0 Å². The van der Waals surface area contributed by atoms with Gasteiger partial charge in [0, 0.05) is 0 Å². The average molecular weight is 267 g/mol. The van der Waals surface area contributed by atoms with Crippen molar-refractivity contribution in [1.82, 2.24) is 0 Å². The van der Waals surface area contributed by atoms with Gasteiger partial charge in [-0.25, -0.2) is 0 Å². The number of hydrogen-bond donors (Lipinski definition) is 3. The fourth-order valence-electron chi connectivity index (χ4n) is 2.05. The summed E-state index contributed by atoms with van der Waals surface area (Å²) in [5, 5.41) is 21.8. The Morgan fingerprint density at radius 1 is 1.25 bits per heavy atom. The van der Waals surface area contributed by atoms with Crippen LogP contribution >= 0.6 is 0 Å². The standard InChI is InChI=1S/C16H17N3O/c1-16(11-20,13-5-3-2-4-6-13)19-15-8-7-12(10-17)9-14(15)18/h2-9,19-20H,11,18H2,1H3. The number of rotatable bonds is 4. The number of aliphatic hydroxyl groups excluding tert-OH is 1. The van der Waals surface area contributed by atoms with Gasteiger partial charge in [-0.1, -0.05) is 30.3 Å². The molecule has 0 aliphatic rings. The van der Waals surface area contributed by atoms with E-state index >= 15 is 0 Å². The van der Waals surface area contributed by atoms with Crippen molar-refractivity contribution in [3.8, 4) is 6.07 Å². The molecule has 2 aromatic rings. The second-order valence-corrected chi connectivity index (χ2v) is 4.90. The molecule has 2 aromatic carbocycles. The highest BCUT2D eigenvalue weighted by Crippen LogP contribution is 2.29. The fourth-order valence-corrected chi connectivity index (χ4v) is 2.05. The molecule has 0 aromatic heterocycles. The maximum Gasteiger partial charge on any atom is 0.0992 e. The number of anilines is 2. The van der Waals surface area contributed by atoms with Gasteiger partial charge in [-0.05, 0) is 30.7 Å². The molecule has 1 atom stereocenters. The smallest absolute Gasteiger partial charge is 0.0992 e. The van der Waals surface area contributed by atoms with Gasteiger partial charge in [-0.2, -0.15) is 5.26 Å². The van der Waals surface area contributed by atoms with Crippen LogP contribution in [0.25, 0.3) is 0 Å². The summed E-state index contributed by atoms with van der Waals surface area (Å²) in [7, 11) is 0. The van der Waals surface area contributed by atoms with Gasteiger partial charge in [-0.3, -0.25) is 0 Å². The summed E-state index contributed by atoms with van der Waals surface area (Å²) in [5.41, 5.74) is 7.97. The van der Waals surface area contributed by atoms with Crippen molar-refractivity contribution in [1.29, 1.82) is 5.26 Å². The van der Waals surface area contributed by atoms with E-state index in [-0.39, 0.29) is 6.61 Å². The molecule has 0 heterocycles. The number of nitriles is 1. The van der Waals surface area contributed by atoms with Crippen LogP contribution < -0.4 is 11.1 Å². The molecule has 4 N–H and O–H groups in total. The van der Waals surface area contributed by atoms with E-state index in [1.165, 1.54) is 0 Å². The van der Waals surface area contributed by atoms with Crippen LogP contribution in [0.1, 0.15) is 18.1 Å². The first-order valence-electron chi connectivity index (χ1n) is 6.33. The fraction of sp³-hybridized carbons (Fsp3) is 0.188. The highest BCUT2D eigenvalue weighted by molar-refractivity contribution is 5.69. The molecule has 2 rings (SSSR count). The molecule has 4 heteroatoms. The van der Waals surface area contributed by atoms with Crippen molar-refractivity contribution in [3.63, 3.8) is 0 Å². The monoisotopic (exact) mass is 267 g/mol. The summed E-state index contributed by atoms with van der Waals surface area (Å²) in [6.07, 6.45) is 0. The molecule has 102 valence electrons. The van der Waals surface area contributed by atoms with Gasteiger partial charge in [0.1, 0.15) is 0 Å². The zero-order valence-electron chi connectivity index (χ0n) is 11.3. The summed E-state index contributed by atoms with van der Waals surface area (Å²) < 4.78 is 0.